The van der Waals surface area contributed by atoms with Gasteiger partial charge in [0.25, 0.3) is 0 Å². The van der Waals surface area contributed by atoms with E-state index in [4.69, 9.17) is 4.74 Å². The summed E-state index contributed by atoms with van der Waals surface area (Å²) in [5.41, 5.74) is -7.17. The van der Waals surface area contributed by atoms with Gasteiger partial charge in [0.15, 0.2) is 5.78 Å². The maximum Gasteiger partial charge on any atom is 0.338 e. The average Bonchev–Trinajstić information content (AvgIpc) is 3.21. The summed E-state index contributed by atoms with van der Waals surface area (Å²) >= 11 is 0. The van der Waals surface area contributed by atoms with Crippen molar-refractivity contribution in [1.82, 2.24) is 0 Å². The lowest BCUT2D eigenvalue weighted by Gasteiger charge is -2.62. The van der Waals surface area contributed by atoms with Gasteiger partial charge in [0.1, 0.15) is 17.3 Å². The minimum absolute atomic E-state index is 0.0147. The average molecular weight is 601 g/mol. The van der Waals surface area contributed by atoms with Crippen LogP contribution in [0, 0.1) is 22.7 Å². The largest absolute Gasteiger partial charge is 0.456 e. The van der Waals surface area contributed by atoms with Crippen LogP contribution in [0.25, 0.3) is 0 Å². The highest BCUT2D eigenvalue weighted by Crippen LogP contribution is 2.69. The van der Waals surface area contributed by atoms with Gasteiger partial charge < -0.3 is 35.4 Å². The van der Waals surface area contributed by atoms with Crippen LogP contribution < -0.4 is 0 Å². The first kappa shape index (κ1) is 32.3. The minimum atomic E-state index is -1.86. The van der Waals surface area contributed by atoms with Crippen molar-refractivity contribution in [2.45, 2.75) is 127 Å². The van der Waals surface area contributed by atoms with Crippen LogP contribution in [0.4, 0.5) is 0 Å². The van der Waals surface area contributed by atoms with Gasteiger partial charge in [-0.25, -0.2) is 4.79 Å². The molecule has 0 radical (unpaired) electrons. The summed E-state index contributed by atoms with van der Waals surface area (Å²) < 4.78 is 5.98. The Morgan fingerprint density at radius 2 is 1.58 bits per heavy atom. The zero-order valence-electron chi connectivity index (χ0n) is 25.9. The smallest absolute Gasteiger partial charge is 0.338 e. The van der Waals surface area contributed by atoms with E-state index in [1.165, 1.54) is 6.08 Å². The number of carbonyl (C=O) groups excluding carboxylic acids is 2. The number of benzene rings is 1. The summed E-state index contributed by atoms with van der Waals surface area (Å²) in [5, 5.41) is 68.0. The molecule has 43 heavy (non-hydrogen) atoms. The number of aliphatic hydroxyl groups excluding tert-OH is 2. The monoisotopic (exact) mass is 600 g/mol. The van der Waals surface area contributed by atoms with Gasteiger partial charge in [-0.15, -0.1) is 0 Å². The first-order chi connectivity index (χ1) is 19.8. The van der Waals surface area contributed by atoms with Gasteiger partial charge >= 0.3 is 5.97 Å². The number of rotatable bonds is 7. The van der Waals surface area contributed by atoms with Gasteiger partial charge in [-0.1, -0.05) is 32.0 Å². The lowest BCUT2D eigenvalue weighted by molar-refractivity contribution is -0.211. The lowest BCUT2D eigenvalue weighted by atomic mass is 9.44. The molecule has 0 spiro atoms. The molecule has 9 nitrogen and oxygen atoms in total. The van der Waals surface area contributed by atoms with E-state index in [0.717, 1.165) is 0 Å². The Hall–Kier alpha value is -2.14. The second-order valence-corrected chi connectivity index (χ2v) is 15.1. The molecule has 5 rings (SSSR count). The van der Waals surface area contributed by atoms with Crippen LogP contribution in [0.15, 0.2) is 42.0 Å². The molecule has 3 fully saturated rings. The second kappa shape index (κ2) is 10.5. The summed E-state index contributed by atoms with van der Waals surface area (Å²) in [5.74, 6) is -2.12. The summed E-state index contributed by atoms with van der Waals surface area (Å²) in [6, 6.07) is 8.51. The Labute approximate surface area is 253 Å². The molecule has 4 aliphatic carbocycles. The molecular formula is C34H48O9. The van der Waals surface area contributed by atoms with Crippen molar-refractivity contribution < 1.29 is 45.0 Å². The van der Waals surface area contributed by atoms with Crippen LogP contribution in [-0.2, 0) is 9.53 Å². The number of ketones is 1. The molecule has 0 aromatic heterocycles. The van der Waals surface area contributed by atoms with Gasteiger partial charge in [0.05, 0.1) is 29.0 Å². The van der Waals surface area contributed by atoms with E-state index >= 15 is 0 Å². The molecule has 238 valence electrons. The van der Waals surface area contributed by atoms with Crippen LogP contribution in [0.1, 0.15) is 96.3 Å². The highest BCUT2D eigenvalue weighted by molar-refractivity contribution is 6.00. The van der Waals surface area contributed by atoms with Gasteiger partial charge in [0.2, 0.25) is 0 Å². The van der Waals surface area contributed by atoms with Gasteiger partial charge in [-0.05, 0) is 101 Å². The zero-order chi connectivity index (χ0) is 31.8. The number of esters is 1. The van der Waals surface area contributed by atoms with E-state index in [9.17, 15) is 40.2 Å². The number of hydrogen-bond donors (Lipinski definition) is 6. The Morgan fingerprint density at radius 1 is 0.953 bits per heavy atom. The second-order valence-electron chi connectivity index (χ2n) is 15.1. The van der Waals surface area contributed by atoms with Crippen LogP contribution in [0.5, 0.6) is 0 Å². The lowest BCUT2D eigenvalue weighted by Crippen LogP contribution is -2.69. The fourth-order valence-electron chi connectivity index (χ4n) is 9.24. The van der Waals surface area contributed by atoms with Crippen LogP contribution in [-0.4, -0.2) is 83.1 Å². The molecule has 0 bridgehead atoms. The summed E-state index contributed by atoms with van der Waals surface area (Å²) in [6.45, 7) is 8.62. The number of fused-ring (bicyclic) bond motifs is 5. The third kappa shape index (κ3) is 4.91. The van der Waals surface area contributed by atoms with Crippen molar-refractivity contribution in [2.75, 3.05) is 0 Å². The zero-order valence-corrected chi connectivity index (χ0v) is 25.9. The molecule has 4 aliphatic rings. The van der Waals surface area contributed by atoms with E-state index in [-0.39, 0.29) is 32.1 Å². The molecule has 1 aromatic rings. The van der Waals surface area contributed by atoms with Gasteiger partial charge in [-0.3, -0.25) is 4.79 Å². The number of carbonyl (C=O) groups is 2. The molecular weight excluding hydrogens is 552 g/mol. The van der Waals surface area contributed by atoms with Crippen LogP contribution in [0.3, 0.4) is 0 Å². The number of aliphatic hydroxyl groups is 6. The highest BCUT2D eigenvalue weighted by Gasteiger charge is 2.72. The first-order valence-electron chi connectivity index (χ1n) is 15.6. The molecule has 1 aromatic carbocycles. The van der Waals surface area contributed by atoms with E-state index in [1.54, 1.807) is 58.0 Å². The Kier molecular flexibility index (Phi) is 7.85. The number of ether oxygens (including phenoxy) is 1. The predicted molar refractivity (Wildman–Crippen MR) is 158 cm³/mol. The van der Waals surface area contributed by atoms with Crippen molar-refractivity contribution in [1.29, 1.82) is 0 Å². The molecule has 4 unspecified atom stereocenters. The third-order valence-electron chi connectivity index (χ3n) is 11.9. The predicted octanol–water partition coefficient (Wildman–Crippen LogP) is 2.83. The van der Waals surface area contributed by atoms with Gasteiger partial charge in [-0.2, -0.15) is 0 Å². The molecule has 0 amide bonds. The normalized spacial score (nSPS) is 41.3. The van der Waals surface area contributed by atoms with E-state index in [0.29, 0.717) is 30.4 Å². The quantitative estimate of drug-likeness (QED) is 0.258. The molecule has 3 saturated carbocycles. The molecule has 0 heterocycles. The topological polar surface area (TPSA) is 165 Å². The van der Waals surface area contributed by atoms with Crippen molar-refractivity contribution in [3.8, 4) is 0 Å². The fraction of sp³-hybridized carbons (Fsp3) is 0.706. The Bertz CT molecular complexity index is 1280. The van der Waals surface area contributed by atoms with Crippen molar-refractivity contribution in [3.05, 3.63) is 47.5 Å². The molecule has 10 atom stereocenters. The standard InChI is InChI=1S/C34H48O9/c1-29(2,39)14-13-27(43-28(38)20-9-7-6-8-10-20)32(5,40)25-12-16-33(41)22-17-26(37)34(42)19-24(36)23(35)18-31(34,4)21(22)11-15-30(25,33)3/h6-10,17,21,23-25,27,35-36,39-42H,11-16,18-19H2,1-5H3/t21-,23?,24?,25-,27?,30+,31+,32+,33+,34?/m0/s1. The molecule has 9 heteroatoms. The summed E-state index contributed by atoms with van der Waals surface area (Å²) in [4.78, 5) is 26.7. The first-order valence-corrected chi connectivity index (χ1v) is 15.6. The fourth-order valence-corrected chi connectivity index (χ4v) is 9.24. The van der Waals surface area contributed by atoms with Crippen LogP contribution in [0.2, 0.25) is 0 Å². The van der Waals surface area contributed by atoms with Crippen molar-refractivity contribution in [2.24, 2.45) is 22.7 Å². The highest BCUT2D eigenvalue weighted by atomic mass is 16.6. The molecule has 0 saturated heterocycles. The third-order valence-corrected chi connectivity index (χ3v) is 11.9. The minimum Gasteiger partial charge on any atom is -0.456 e. The van der Waals surface area contributed by atoms with Crippen LogP contribution >= 0.6 is 0 Å². The SMILES string of the molecule is CC(C)(O)CCC(OC(=O)c1ccccc1)[C@](C)(O)[C@H]1CC[C@@]2(O)C3=CC(=O)C4(O)CC(O)C(O)C[C@]4(C)[C@H]3CC[C@]12C. The summed E-state index contributed by atoms with van der Waals surface area (Å²) in [6.07, 6.45) is -0.182. The molecule has 0 aliphatic heterocycles. The Balaban J connectivity index is 1.50. The number of hydrogen-bond acceptors (Lipinski definition) is 9. The maximum absolute atomic E-state index is 13.6. The van der Waals surface area contributed by atoms with E-state index in [1.807, 2.05) is 6.92 Å². The van der Waals surface area contributed by atoms with E-state index < -0.39 is 75.1 Å². The summed E-state index contributed by atoms with van der Waals surface area (Å²) in [7, 11) is 0. The van der Waals surface area contributed by atoms with E-state index in [2.05, 4.69) is 0 Å². The molecule has 6 N–H and O–H groups in total. The Morgan fingerprint density at radius 3 is 2.21 bits per heavy atom. The van der Waals surface area contributed by atoms with Gasteiger partial charge in [0, 0.05) is 17.3 Å². The van der Waals surface area contributed by atoms with Crippen molar-refractivity contribution >= 4 is 11.8 Å². The van der Waals surface area contributed by atoms with Crippen molar-refractivity contribution in [3.63, 3.8) is 0 Å². The maximum atomic E-state index is 13.6.